The van der Waals surface area contributed by atoms with E-state index in [1.165, 1.54) is 4.31 Å². The number of carbonyl (C=O) groups is 2. The number of nitrogens with zero attached hydrogens (tertiary/aromatic N) is 3. The molecule has 1 N–H and O–H groups in total. The molecule has 174 valence electrons. The van der Waals surface area contributed by atoms with Crippen molar-refractivity contribution in [2.45, 2.75) is 50.7 Å². The summed E-state index contributed by atoms with van der Waals surface area (Å²) in [5.74, 6) is -0.278. The summed E-state index contributed by atoms with van der Waals surface area (Å²) < 4.78 is 33.3. The first-order valence-corrected chi connectivity index (χ1v) is 12.0. The number of hydrogen-bond donors (Lipinski definition) is 1. The van der Waals surface area contributed by atoms with Gasteiger partial charge in [-0.25, -0.2) is 13.2 Å². The van der Waals surface area contributed by atoms with Crippen LogP contribution in [-0.4, -0.2) is 72.4 Å². The van der Waals surface area contributed by atoms with E-state index < -0.39 is 27.8 Å². The Bertz CT molecular complexity index is 1100. The van der Waals surface area contributed by atoms with E-state index in [2.05, 4.69) is 10.3 Å². The molecule has 3 rings (SSSR count). The second-order valence-electron chi connectivity index (χ2n) is 8.90. The highest BCUT2D eigenvalue weighted by Crippen LogP contribution is 2.24. The highest BCUT2D eigenvalue weighted by molar-refractivity contribution is 7.89. The molecular formula is C22H30N4O5S. The molecule has 10 heteroatoms. The lowest BCUT2D eigenvalue weighted by molar-refractivity contribution is -0.130. The minimum atomic E-state index is -3.74. The maximum atomic E-state index is 13.4. The first kappa shape index (κ1) is 23.9. The van der Waals surface area contributed by atoms with Crippen molar-refractivity contribution in [3.05, 3.63) is 36.7 Å². The topological polar surface area (TPSA) is 109 Å². The van der Waals surface area contributed by atoms with Gasteiger partial charge in [0, 0.05) is 43.5 Å². The molecule has 0 spiro atoms. The number of sulfonamides is 1. The van der Waals surface area contributed by atoms with Crippen LogP contribution in [0.5, 0.6) is 0 Å². The maximum absolute atomic E-state index is 13.4. The van der Waals surface area contributed by atoms with Crippen molar-refractivity contribution in [3.63, 3.8) is 0 Å². The molecule has 32 heavy (non-hydrogen) atoms. The molecule has 0 saturated carbocycles. The lowest BCUT2D eigenvalue weighted by Crippen LogP contribution is -2.46. The lowest BCUT2D eigenvalue weighted by atomic mass is 10.2. The van der Waals surface area contributed by atoms with Crippen molar-refractivity contribution in [2.24, 2.45) is 0 Å². The zero-order chi connectivity index (χ0) is 23.5. The molecule has 0 unspecified atom stereocenters. The molecule has 1 aliphatic rings. The van der Waals surface area contributed by atoms with Gasteiger partial charge in [-0.15, -0.1) is 0 Å². The van der Waals surface area contributed by atoms with Crippen molar-refractivity contribution < 1.29 is 22.7 Å². The summed E-state index contributed by atoms with van der Waals surface area (Å²) in [4.78, 5) is 30.3. The fourth-order valence-electron chi connectivity index (χ4n) is 3.65. The number of carbonyl (C=O) groups excluding carboxylic acids is 2. The van der Waals surface area contributed by atoms with Gasteiger partial charge in [0.25, 0.3) is 0 Å². The zero-order valence-corrected chi connectivity index (χ0v) is 19.7. The fourth-order valence-corrected chi connectivity index (χ4v) is 5.35. The number of aromatic nitrogens is 1. The number of benzene rings is 1. The van der Waals surface area contributed by atoms with E-state index in [4.69, 9.17) is 4.74 Å². The zero-order valence-electron chi connectivity index (χ0n) is 18.9. The summed E-state index contributed by atoms with van der Waals surface area (Å²) in [5, 5.41) is 4.13. The third-order valence-corrected chi connectivity index (χ3v) is 7.15. The lowest BCUT2D eigenvalue weighted by Gasteiger charge is -2.28. The first-order chi connectivity index (χ1) is 15.0. The van der Waals surface area contributed by atoms with Gasteiger partial charge in [-0.2, -0.15) is 4.31 Å². The number of hydrogen-bond acceptors (Lipinski definition) is 6. The van der Waals surface area contributed by atoms with Crippen LogP contribution >= 0.6 is 0 Å². The second kappa shape index (κ2) is 9.41. The number of amides is 2. The molecular weight excluding hydrogens is 432 g/mol. The molecule has 0 aliphatic carbocycles. The van der Waals surface area contributed by atoms with Gasteiger partial charge < -0.3 is 15.0 Å². The molecule has 9 nitrogen and oxygen atoms in total. The van der Waals surface area contributed by atoms with Crippen LogP contribution in [0, 0.1) is 0 Å². The Morgan fingerprint density at radius 2 is 1.94 bits per heavy atom. The molecule has 1 aromatic heterocycles. The van der Waals surface area contributed by atoms with Crippen LogP contribution in [0.1, 0.15) is 34.1 Å². The van der Waals surface area contributed by atoms with Crippen LogP contribution in [0.15, 0.2) is 41.6 Å². The minimum Gasteiger partial charge on any atom is -0.444 e. The molecule has 1 aliphatic heterocycles. The van der Waals surface area contributed by atoms with Gasteiger partial charge in [0.1, 0.15) is 12.1 Å². The molecule has 1 saturated heterocycles. The molecule has 0 bridgehead atoms. The van der Waals surface area contributed by atoms with E-state index >= 15 is 0 Å². The van der Waals surface area contributed by atoms with Gasteiger partial charge >= 0.3 is 6.09 Å². The Hall–Kier alpha value is -2.72. The van der Waals surface area contributed by atoms with Crippen molar-refractivity contribution >= 4 is 32.8 Å². The smallest absolute Gasteiger partial charge is 0.408 e. The van der Waals surface area contributed by atoms with Gasteiger partial charge in [0.05, 0.1) is 4.90 Å². The number of pyridine rings is 1. The minimum absolute atomic E-state index is 0.201. The summed E-state index contributed by atoms with van der Waals surface area (Å²) in [6, 6.07) is 6.34. The Balaban J connectivity index is 1.68. The first-order valence-electron chi connectivity index (χ1n) is 10.6. The van der Waals surface area contributed by atoms with Crippen LogP contribution in [0.4, 0.5) is 4.79 Å². The van der Waals surface area contributed by atoms with Crippen molar-refractivity contribution in [1.29, 1.82) is 0 Å². The van der Waals surface area contributed by atoms with Gasteiger partial charge in [0.2, 0.25) is 15.9 Å². The van der Waals surface area contributed by atoms with E-state index in [1.807, 2.05) is 0 Å². The van der Waals surface area contributed by atoms with Crippen molar-refractivity contribution in [2.75, 3.05) is 26.2 Å². The van der Waals surface area contributed by atoms with Crippen LogP contribution in [-0.2, 0) is 19.6 Å². The fraction of sp³-hybridized carbons (Fsp3) is 0.500. The molecule has 1 aromatic carbocycles. The van der Waals surface area contributed by atoms with E-state index in [0.717, 1.165) is 10.8 Å². The van der Waals surface area contributed by atoms with E-state index in [9.17, 15) is 18.0 Å². The van der Waals surface area contributed by atoms with E-state index in [1.54, 1.807) is 69.3 Å². The number of rotatable bonds is 4. The quantitative estimate of drug-likeness (QED) is 0.747. The summed E-state index contributed by atoms with van der Waals surface area (Å²) >= 11 is 0. The summed E-state index contributed by atoms with van der Waals surface area (Å²) in [7, 11) is -3.74. The normalized spacial score (nSPS) is 18.2. The van der Waals surface area contributed by atoms with Gasteiger partial charge in [-0.05, 0) is 57.7 Å². The average Bonchev–Trinajstić information content (AvgIpc) is 2.92. The molecule has 1 fully saturated rings. The maximum Gasteiger partial charge on any atom is 0.408 e. The summed E-state index contributed by atoms with van der Waals surface area (Å²) in [6.45, 7) is 7.77. The number of fused-ring (bicyclic) bond motifs is 1. The molecule has 0 radical (unpaired) electrons. The van der Waals surface area contributed by atoms with Crippen molar-refractivity contribution in [1.82, 2.24) is 19.5 Å². The standard InChI is InChI=1S/C22H30N4O5S/c1-16-15-25(20(27)14-24-21(28)31-22(2,3)4)10-5-11-26(16)32(29,30)19-7-6-18-13-23-9-8-17(18)12-19/h6-9,12-13,16H,5,10-11,14-15H2,1-4H3,(H,24,28)/t16-/m0/s1. The van der Waals surface area contributed by atoms with Crippen LogP contribution in [0.3, 0.4) is 0 Å². The monoisotopic (exact) mass is 462 g/mol. The van der Waals surface area contributed by atoms with Crippen LogP contribution < -0.4 is 5.32 Å². The summed E-state index contributed by atoms with van der Waals surface area (Å²) in [6.07, 6.45) is 3.15. The Morgan fingerprint density at radius 3 is 2.66 bits per heavy atom. The SMILES string of the molecule is C[C@H]1CN(C(=O)CNC(=O)OC(C)(C)C)CCCN1S(=O)(=O)c1ccc2cnccc2c1. The molecule has 1 atom stereocenters. The third kappa shape index (κ3) is 5.74. The second-order valence-corrected chi connectivity index (χ2v) is 10.8. The predicted molar refractivity (Wildman–Crippen MR) is 121 cm³/mol. The predicted octanol–water partition coefficient (Wildman–Crippen LogP) is 2.37. The van der Waals surface area contributed by atoms with Gasteiger partial charge in [-0.1, -0.05) is 6.07 Å². The largest absolute Gasteiger partial charge is 0.444 e. The number of ether oxygens (including phenoxy) is 1. The van der Waals surface area contributed by atoms with Gasteiger partial charge in [-0.3, -0.25) is 9.78 Å². The Morgan fingerprint density at radius 1 is 1.19 bits per heavy atom. The Labute approximate surface area is 188 Å². The van der Waals surface area contributed by atoms with E-state index in [0.29, 0.717) is 19.5 Å². The number of nitrogens with one attached hydrogen (secondary N) is 1. The highest BCUT2D eigenvalue weighted by Gasteiger charge is 2.33. The van der Waals surface area contributed by atoms with Crippen molar-refractivity contribution in [3.8, 4) is 0 Å². The van der Waals surface area contributed by atoms with Gasteiger partial charge in [0.15, 0.2) is 0 Å². The summed E-state index contributed by atoms with van der Waals surface area (Å²) in [5.41, 5.74) is -0.654. The molecule has 2 aromatic rings. The molecule has 2 amide bonds. The van der Waals surface area contributed by atoms with E-state index in [-0.39, 0.29) is 23.9 Å². The third-order valence-electron chi connectivity index (χ3n) is 5.14. The molecule has 2 heterocycles. The Kier molecular flexibility index (Phi) is 7.04. The number of alkyl carbamates (subject to hydrolysis) is 1. The van der Waals surface area contributed by atoms with Crippen LogP contribution in [0.2, 0.25) is 0 Å². The highest BCUT2D eigenvalue weighted by atomic mass is 32.2. The average molecular weight is 463 g/mol. The van der Waals surface area contributed by atoms with Crippen LogP contribution in [0.25, 0.3) is 10.8 Å².